The number of anilines is 2. The summed E-state index contributed by atoms with van der Waals surface area (Å²) in [5, 5.41) is 48.6. The highest BCUT2D eigenvalue weighted by molar-refractivity contribution is 7.13. The summed E-state index contributed by atoms with van der Waals surface area (Å²) in [6, 6.07) is 10.2. The van der Waals surface area contributed by atoms with Gasteiger partial charge in [0.15, 0.2) is 5.82 Å². The van der Waals surface area contributed by atoms with Crippen LogP contribution >= 0.6 is 22.9 Å². The van der Waals surface area contributed by atoms with Crippen molar-refractivity contribution in [1.29, 1.82) is 0 Å². The molecule has 7 rings (SSSR count). The number of aliphatic hydroxyl groups excluding tert-OH is 2. The molecule has 21 nitrogen and oxygen atoms in total. The molecule has 0 bridgehead atoms. The van der Waals surface area contributed by atoms with Gasteiger partial charge < -0.3 is 65.4 Å². The Labute approximate surface area is 458 Å². The Morgan fingerprint density at radius 1 is 0.949 bits per heavy atom. The first-order valence-corrected chi connectivity index (χ1v) is 26.6. The smallest absolute Gasteiger partial charge is 0.279 e. The highest BCUT2D eigenvalue weighted by atomic mass is 35.5. The largest absolute Gasteiger partial charge is 0.507 e. The predicted molar refractivity (Wildman–Crippen MR) is 287 cm³/mol. The number of nitrogens with one attached hydrogen (secondary N) is 3. The van der Waals surface area contributed by atoms with Crippen LogP contribution in [0.1, 0.15) is 57.8 Å². The second-order valence-electron chi connectivity index (χ2n) is 20.2. The van der Waals surface area contributed by atoms with Gasteiger partial charge in [0.1, 0.15) is 41.6 Å². The third-order valence-corrected chi connectivity index (χ3v) is 14.8. The lowest BCUT2D eigenvalue weighted by Crippen LogP contribution is -2.58. The molecule has 2 fully saturated rings. The fourth-order valence-corrected chi connectivity index (χ4v) is 10.3. The molecule has 2 aliphatic heterocycles. The number of hydrogen-bond donors (Lipinski definition) is 7. The summed E-state index contributed by atoms with van der Waals surface area (Å²) >= 11 is 8.10. The normalized spacial score (nSPS) is 16.6. The highest BCUT2D eigenvalue weighted by Crippen LogP contribution is 2.43. The van der Waals surface area contributed by atoms with E-state index in [1.54, 1.807) is 49.6 Å². The van der Waals surface area contributed by atoms with Crippen molar-refractivity contribution < 1.29 is 62.7 Å². The molecule has 78 heavy (non-hydrogen) atoms. The van der Waals surface area contributed by atoms with Crippen molar-refractivity contribution in [3.8, 4) is 27.3 Å². The monoisotopic (exact) mass is 1120 g/mol. The van der Waals surface area contributed by atoms with Gasteiger partial charge in [-0.1, -0.05) is 62.7 Å². The molecule has 0 aliphatic carbocycles. The van der Waals surface area contributed by atoms with Crippen LogP contribution in [0.4, 0.5) is 20.5 Å². The third kappa shape index (κ3) is 14.1. The number of fused-ring (bicyclic) bond motifs is 1. The molecule has 5 amide bonds. The fourth-order valence-electron chi connectivity index (χ4n) is 9.19. The number of carbonyl (C=O) groups excluding carboxylic acids is 5. The maximum Gasteiger partial charge on any atom is 0.279 e. The number of benzene rings is 3. The van der Waals surface area contributed by atoms with Gasteiger partial charge in [-0.3, -0.25) is 24.0 Å². The summed E-state index contributed by atoms with van der Waals surface area (Å²) in [7, 11) is 1.58. The standard InChI is InChI=1S/C53H65ClF2N10O11S/c1-29(31-10-12-32(13-11-31)45-30(2)58-28-78-45)59-48(71)37-24-33(67)26-66(37)49(72)46(53(3,4)5)60-39(69)27-77-23-22-76-21-20-63(6)40(70)14-15-57-52-61-44-34(47(62-52)64-16-18-65(19-17-64)50(73)51(74)75)25-35(54)41(43(44)56)42-36(55)8-7-9-38(42)68/h7-13,25,28-29,33,37,46,51,67-68,74-75H,14-24,26-27H2,1-6H3,(H,59,71)(H,60,69)(H,57,61,62)/t29-,33+,37-,46+/m0/s1. The van der Waals surface area contributed by atoms with Crippen LogP contribution in [0.2, 0.25) is 5.02 Å². The van der Waals surface area contributed by atoms with Crippen LogP contribution in [0, 0.1) is 24.0 Å². The second-order valence-corrected chi connectivity index (χ2v) is 21.4. The highest BCUT2D eigenvalue weighted by Gasteiger charge is 2.45. The summed E-state index contributed by atoms with van der Waals surface area (Å²) in [6.07, 6.45) is -3.14. The maximum atomic E-state index is 16.5. The molecular weight excluding hydrogens is 1060 g/mol. The Kier molecular flexibility index (Phi) is 19.6. The zero-order valence-corrected chi connectivity index (χ0v) is 45.7. The number of ether oxygens (including phenoxy) is 2. The number of piperazine rings is 1. The van der Waals surface area contributed by atoms with Crippen molar-refractivity contribution in [1.82, 2.24) is 40.3 Å². The van der Waals surface area contributed by atoms with Crippen molar-refractivity contribution in [3.05, 3.63) is 82.0 Å². The van der Waals surface area contributed by atoms with Gasteiger partial charge in [0, 0.05) is 76.7 Å². The molecule has 0 spiro atoms. The molecule has 4 atom stereocenters. The molecule has 2 aliphatic rings. The van der Waals surface area contributed by atoms with Gasteiger partial charge in [0.25, 0.3) is 5.91 Å². The van der Waals surface area contributed by atoms with E-state index in [9.17, 15) is 44.4 Å². The Balaban J connectivity index is 0.865. The number of rotatable bonds is 21. The van der Waals surface area contributed by atoms with Crippen LogP contribution < -0.4 is 20.9 Å². The lowest BCUT2D eigenvalue weighted by Gasteiger charge is -2.36. The Morgan fingerprint density at radius 3 is 2.31 bits per heavy atom. The number of carbonyl (C=O) groups is 5. The Bertz CT molecular complexity index is 2960. The molecular formula is C53H65ClF2N10O11S. The summed E-state index contributed by atoms with van der Waals surface area (Å²) < 4.78 is 42.8. The summed E-state index contributed by atoms with van der Waals surface area (Å²) in [5.74, 6) is -5.10. The van der Waals surface area contributed by atoms with E-state index in [0.29, 0.717) is 0 Å². The minimum Gasteiger partial charge on any atom is -0.507 e. The first-order valence-electron chi connectivity index (χ1n) is 25.3. The lowest BCUT2D eigenvalue weighted by molar-refractivity contribution is -0.159. The van der Waals surface area contributed by atoms with Crippen LogP contribution in [0.25, 0.3) is 32.5 Å². The van der Waals surface area contributed by atoms with Gasteiger partial charge in [-0.05, 0) is 48.6 Å². The van der Waals surface area contributed by atoms with Crippen LogP contribution in [-0.2, 0) is 33.4 Å². The number of aliphatic hydroxyl groups is 3. The number of phenols is 1. The number of aromatic nitrogens is 3. The van der Waals surface area contributed by atoms with E-state index in [4.69, 9.17) is 21.1 Å². The molecule has 3 aromatic carbocycles. The van der Waals surface area contributed by atoms with Crippen molar-refractivity contribution in [3.63, 3.8) is 0 Å². The van der Waals surface area contributed by atoms with E-state index < -0.39 is 94.7 Å². The van der Waals surface area contributed by atoms with Crippen LogP contribution in [-0.4, -0.2) is 183 Å². The molecule has 4 heterocycles. The SMILES string of the molecule is Cc1ncsc1-c1ccc([C@H](C)NC(=O)[C@@H]2C[C@@H](O)CN2C(=O)[C@@H](NC(=O)COCCOCCN(C)C(=O)CCNc2nc(N3CCN(C(=O)C(O)O)CC3)c3cc(Cl)c(-c4c(O)cccc4F)c(F)c3n2)C(C)(C)C)cc1. The van der Waals surface area contributed by atoms with E-state index in [-0.39, 0.29) is 112 Å². The molecule has 420 valence electrons. The molecule has 25 heteroatoms. The van der Waals surface area contributed by atoms with Crippen LogP contribution in [0.15, 0.2) is 54.0 Å². The minimum atomic E-state index is -2.19. The van der Waals surface area contributed by atoms with E-state index in [1.165, 1.54) is 32.9 Å². The van der Waals surface area contributed by atoms with Crippen LogP contribution in [0.5, 0.6) is 5.75 Å². The molecule has 5 aromatic rings. The van der Waals surface area contributed by atoms with E-state index in [2.05, 4.69) is 30.9 Å². The second kappa shape index (κ2) is 25.9. The summed E-state index contributed by atoms with van der Waals surface area (Å²) in [5.41, 5.74) is 2.65. The molecule has 0 radical (unpaired) electrons. The van der Waals surface area contributed by atoms with Gasteiger partial charge >= 0.3 is 0 Å². The van der Waals surface area contributed by atoms with Gasteiger partial charge in [-0.15, -0.1) is 11.3 Å². The van der Waals surface area contributed by atoms with E-state index in [1.807, 2.05) is 38.1 Å². The maximum absolute atomic E-state index is 16.5. The van der Waals surface area contributed by atoms with E-state index >= 15 is 8.78 Å². The Hall–Kier alpha value is -6.67. The first-order chi connectivity index (χ1) is 37.0. The zero-order valence-electron chi connectivity index (χ0n) is 44.1. The number of halogens is 3. The molecule has 2 saturated heterocycles. The number of aryl methyl sites for hydroxylation is 1. The average Bonchev–Trinajstić information content (AvgIpc) is 4.09. The molecule has 7 N–H and O–H groups in total. The quantitative estimate of drug-likeness (QED) is 0.0404. The van der Waals surface area contributed by atoms with Gasteiger partial charge in [-0.2, -0.15) is 4.98 Å². The van der Waals surface area contributed by atoms with Gasteiger partial charge in [0.2, 0.25) is 35.9 Å². The van der Waals surface area contributed by atoms with Crippen molar-refractivity contribution >= 4 is 75.1 Å². The average molecular weight is 1120 g/mol. The Morgan fingerprint density at radius 2 is 1.65 bits per heavy atom. The van der Waals surface area contributed by atoms with E-state index in [0.717, 1.165) is 27.8 Å². The van der Waals surface area contributed by atoms with Gasteiger partial charge in [-0.25, -0.2) is 18.7 Å². The number of nitrogens with zero attached hydrogens (tertiary/aromatic N) is 7. The number of likely N-dealkylation sites (tertiary alicyclic amines) is 1. The first kappa shape index (κ1) is 59.0. The number of phenolic OH excluding ortho intramolecular Hbond substituents is 1. The number of β-amino-alcohol motifs (C(OH)–C–C–N with tert-alkyl or cyclic N) is 1. The number of hydrogen-bond acceptors (Lipinski definition) is 17. The zero-order chi connectivity index (χ0) is 56.6. The fraction of sp³-hybridized carbons (Fsp3) is 0.472. The van der Waals surface area contributed by atoms with Crippen LogP contribution in [0.3, 0.4) is 0 Å². The number of thiazole rings is 1. The summed E-state index contributed by atoms with van der Waals surface area (Å²) in [4.78, 5) is 86.4. The number of amides is 5. The lowest BCUT2D eigenvalue weighted by atomic mass is 9.85. The van der Waals surface area contributed by atoms with Crippen molar-refractivity contribution in [2.24, 2.45) is 5.41 Å². The predicted octanol–water partition coefficient (Wildman–Crippen LogP) is 3.99. The van der Waals surface area contributed by atoms with Crippen molar-refractivity contribution in [2.45, 2.75) is 78.0 Å². The third-order valence-electron chi connectivity index (χ3n) is 13.5. The molecule has 2 aromatic heterocycles. The molecule has 0 saturated carbocycles. The van der Waals surface area contributed by atoms with Crippen molar-refractivity contribution in [2.75, 3.05) is 89.5 Å². The minimum absolute atomic E-state index is 0.000568. The number of likely N-dealkylation sites (N-methyl/N-ethyl adjacent to an activating group) is 1. The topological polar surface area (TPSA) is 272 Å². The van der Waals surface area contributed by atoms with Gasteiger partial charge in [0.05, 0.1) is 58.6 Å². The molecule has 0 unspecified atom stereocenters. The summed E-state index contributed by atoms with van der Waals surface area (Å²) in [6.45, 7) is 9.50. The number of aromatic hydroxyl groups is 1.